The van der Waals surface area contributed by atoms with Gasteiger partial charge in [-0.05, 0) is 43.2 Å². The average Bonchev–Trinajstić information content (AvgIpc) is 3.22. The van der Waals surface area contributed by atoms with E-state index in [-0.39, 0.29) is 17.3 Å². The van der Waals surface area contributed by atoms with Gasteiger partial charge in [-0.15, -0.1) is 0 Å². The molecule has 2 aliphatic rings. The Morgan fingerprint density at radius 3 is 2.90 bits per heavy atom. The second kappa shape index (κ2) is 5.34. The zero-order valence-electron chi connectivity index (χ0n) is 11.9. The molecule has 0 amide bonds. The Hall–Kier alpha value is -1.13. The summed E-state index contributed by atoms with van der Waals surface area (Å²) in [5.74, 6) is 0.663. The third kappa shape index (κ3) is 2.31. The molecule has 3 rings (SSSR count). The standard InChI is InChI=1S/C16H22FNO2/c1-19-13-4-2-3-12(14(13)17)9-16(10-18)7-8-20-15(16)11-5-6-11/h2-4,11,15H,5-10,18H2,1H3. The maximum absolute atomic E-state index is 14.4. The summed E-state index contributed by atoms with van der Waals surface area (Å²) in [5, 5.41) is 0. The largest absolute Gasteiger partial charge is 0.494 e. The SMILES string of the molecule is COc1cccc(CC2(CN)CCOC2C2CC2)c1F. The Balaban J connectivity index is 1.87. The van der Waals surface area contributed by atoms with Crippen LogP contribution in [0.2, 0.25) is 0 Å². The van der Waals surface area contributed by atoms with Gasteiger partial charge < -0.3 is 15.2 Å². The molecule has 1 aliphatic carbocycles. The molecule has 0 spiro atoms. The van der Waals surface area contributed by atoms with Crippen molar-refractivity contribution in [2.24, 2.45) is 17.1 Å². The molecular formula is C16H22FNO2. The highest BCUT2D eigenvalue weighted by Gasteiger charge is 2.50. The molecule has 2 atom stereocenters. The first kappa shape index (κ1) is 13.8. The summed E-state index contributed by atoms with van der Waals surface area (Å²) in [7, 11) is 1.49. The Morgan fingerprint density at radius 1 is 1.45 bits per heavy atom. The topological polar surface area (TPSA) is 44.5 Å². The maximum Gasteiger partial charge on any atom is 0.168 e. The number of hydrogen-bond donors (Lipinski definition) is 1. The van der Waals surface area contributed by atoms with Crippen LogP contribution < -0.4 is 10.5 Å². The van der Waals surface area contributed by atoms with Gasteiger partial charge in [0.15, 0.2) is 11.6 Å². The minimum absolute atomic E-state index is 0.117. The Morgan fingerprint density at radius 2 is 2.25 bits per heavy atom. The van der Waals surface area contributed by atoms with Gasteiger partial charge in [-0.25, -0.2) is 4.39 Å². The first-order valence-corrected chi connectivity index (χ1v) is 7.33. The van der Waals surface area contributed by atoms with E-state index in [1.807, 2.05) is 12.1 Å². The van der Waals surface area contributed by atoms with Crippen LogP contribution in [-0.4, -0.2) is 26.4 Å². The van der Waals surface area contributed by atoms with Crippen LogP contribution in [0.4, 0.5) is 4.39 Å². The second-order valence-electron chi connectivity index (χ2n) is 6.06. The van der Waals surface area contributed by atoms with E-state index in [4.69, 9.17) is 15.2 Å². The van der Waals surface area contributed by atoms with E-state index in [9.17, 15) is 4.39 Å². The van der Waals surface area contributed by atoms with Gasteiger partial charge in [0.25, 0.3) is 0 Å². The molecule has 0 aromatic heterocycles. The van der Waals surface area contributed by atoms with Gasteiger partial charge in [0.05, 0.1) is 13.2 Å². The summed E-state index contributed by atoms with van der Waals surface area (Å²) in [5.41, 5.74) is 6.63. The Bertz CT molecular complexity index is 489. The van der Waals surface area contributed by atoms with Gasteiger partial charge in [-0.1, -0.05) is 12.1 Å². The van der Waals surface area contributed by atoms with Crippen LogP contribution in [0.15, 0.2) is 18.2 Å². The molecule has 4 heteroatoms. The molecule has 2 fully saturated rings. The molecule has 1 aromatic carbocycles. The van der Waals surface area contributed by atoms with E-state index in [1.54, 1.807) is 6.07 Å². The normalized spacial score (nSPS) is 29.6. The van der Waals surface area contributed by atoms with Crippen LogP contribution in [0.1, 0.15) is 24.8 Å². The van der Waals surface area contributed by atoms with E-state index in [2.05, 4.69) is 0 Å². The summed E-state index contributed by atoms with van der Waals surface area (Å²) in [6, 6.07) is 5.32. The highest BCUT2D eigenvalue weighted by atomic mass is 19.1. The van der Waals surface area contributed by atoms with E-state index in [0.29, 0.717) is 30.2 Å². The number of ether oxygens (including phenoxy) is 2. The maximum atomic E-state index is 14.4. The predicted octanol–water partition coefficient (Wildman–Crippen LogP) is 2.52. The van der Waals surface area contributed by atoms with Gasteiger partial charge in [0.2, 0.25) is 0 Å². The number of rotatable bonds is 5. The van der Waals surface area contributed by atoms with Crippen LogP contribution in [-0.2, 0) is 11.2 Å². The lowest BCUT2D eigenvalue weighted by atomic mass is 9.74. The molecule has 20 heavy (non-hydrogen) atoms. The molecule has 1 saturated heterocycles. The van der Waals surface area contributed by atoms with Crippen LogP contribution in [0.25, 0.3) is 0 Å². The van der Waals surface area contributed by atoms with Crippen LogP contribution >= 0.6 is 0 Å². The third-order valence-electron chi connectivity index (χ3n) is 4.76. The third-order valence-corrected chi connectivity index (χ3v) is 4.76. The van der Waals surface area contributed by atoms with Crippen molar-refractivity contribution < 1.29 is 13.9 Å². The lowest BCUT2D eigenvalue weighted by Crippen LogP contribution is -2.41. The van der Waals surface area contributed by atoms with Crippen molar-refractivity contribution >= 4 is 0 Å². The molecule has 1 aliphatic heterocycles. The minimum Gasteiger partial charge on any atom is -0.494 e. The summed E-state index contributed by atoms with van der Waals surface area (Å²) >= 11 is 0. The first-order valence-electron chi connectivity index (χ1n) is 7.33. The van der Waals surface area contributed by atoms with E-state index in [0.717, 1.165) is 13.0 Å². The van der Waals surface area contributed by atoms with Gasteiger partial charge in [-0.2, -0.15) is 0 Å². The first-order chi connectivity index (χ1) is 9.70. The molecular weight excluding hydrogens is 257 g/mol. The molecule has 0 radical (unpaired) electrons. The van der Waals surface area contributed by atoms with Crippen LogP contribution in [0, 0.1) is 17.2 Å². The van der Waals surface area contributed by atoms with E-state index in [1.165, 1.54) is 20.0 Å². The van der Waals surface area contributed by atoms with Crippen LogP contribution in [0.5, 0.6) is 5.75 Å². The van der Waals surface area contributed by atoms with E-state index < -0.39 is 0 Å². The minimum atomic E-state index is -0.260. The fraction of sp³-hybridized carbons (Fsp3) is 0.625. The van der Waals surface area contributed by atoms with Crippen molar-refractivity contribution in [3.63, 3.8) is 0 Å². The highest BCUT2D eigenvalue weighted by molar-refractivity contribution is 5.32. The Labute approximate surface area is 119 Å². The van der Waals surface area contributed by atoms with Gasteiger partial charge in [0.1, 0.15) is 0 Å². The second-order valence-corrected chi connectivity index (χ2v) is 6.06. The smallest absolute Gasteiger partial charge is 0.168 e. The van der Waals surface area contributed by atoms with E-state index >= 15 is 0 Å². The molecule has 1 heterocycles. The van der Waals surface area contributed by atoms with Crippen molar-refractivity contribution in [3.05, 3.63) is 29.6 Å². The number of methoxy groups -OCH3 is 1. The summed E-state index contributed by atoms with van der Waals surface area (Å²) < 4.78 is 25.4. The molecule has 1 saturated carbocycles. The monoisotopic (exact) mass is 279 g/mol. The molecule has 3 nitrogen and oxygen atoms in total. The zero-order chi connectivity index (χ0) is 14.2. The lowest BCUT2D eigenvalue weighted by Gasteiger charge is -2.33. The number of hydrogen-bond acceptors (Lipinski definition) is 3. The molecule has 2 N–H and O–H groups in total. The summed E-state index contributed by atoms with van der Waals surface area (Å²) in [6.45, 7) is 1.29. The molecule has 2 unspecified atom stereocenters. The fourth-order valence-electron chi connectivity index (χ4n) is 3.45. The molecule has 1 aromatic rings. The van der Waals surface area contributed by atoms with Crippen molar-refractivity contribution in [1.82, 2.24) is 0 Å². The fourth-order valence-corrected chi connectivity index (χ4v) is 3.45. The number of halogens is 1. The van der Waals surface area contributed by atoms with Crippen molar-refractivity contribution in [2.45, 2.75) is 31.8 Å². The zero-order valence-corrected chi connectivity index (χ0v) is 11.9. The van der Waals surface area contributed by atoms with Crippen LogP contribution in [0.3, 0.4) is 0 Å². The summed E-state index contributed by atoms with van der Waals surface area (Å²) in [4.78, 5) is 0. The van der Waals surface area contributed by atoms with Crippen molar-refractivity contribution in [2.75, 3.05) is 20.3 Å². The summed E-state index contributed by atoms with van der Waals surface area (Å²) in [6.07, 6.45) is 4.17. The van der Waals surface area contributed by atoms with Crippen molar-refractivity contribution in [3.8, 4) is 5.75 Å². The quantitative estimate of drug-likeness (QED) is 0.900. The van der Waals surface area contributed by atoms with Gasteiger partial charge in [0, 0.05) is 18.6 Å². The van der Waals surface area contributed by atoms with Gasteiger partial charge >= 0.3 is 0 Å². The molecule has 0 bridgehead atoms. The average molecular weight is 279 g/mol. The highest BCUT2D eigenvalue weighted by Crippen LogP contribution is 2.49. The van der Waals surface area contributed by atoms with Crippen molar-refractivity contribution in [1.29, 1.82) is 0 Å². The lowest BCUT2D eigenvalue weighted by molar-refractivity contribution is 0.0341. The number of benzene rings is 1. The number of nitrogens with two attached hydrogens (primary N) is 1. The predicted molar refractivity (Wildman–Crippen MR) is 75.2 cm³/mol. The molecule has 110 valence electrons. The van der Waals surface area contributed by atoms with Gasteiger partial charge in [-0.3, -0.25) is 0 Å². The Kier molecular flexibility index (Phi) is 3.69.